The lowest BCUT2D eigenvalue weighted by molar-refractivity contribution is 0.147. The summed E-state index contributed by atoms with van der Waals surface area (Å²) in [7, 11) is 0. The topological polar surface area (TPSA) is 68.2 Å². The molecule has 1 heterocycles. The number of nitrogens with one attached hydrogen (secondary N) is 1. The van der Waals surface area contributed by atoms with Crippen LogP contribution in [0, 0.1) is 0 Å². The van der Waals surface area contributed by atoms with Crippen LogP contribution in [0.3, 0.4) is 0 Å². The van der Waals surface area contributed by atoms with Gasteiger partial charge >= 0.3 is 0 Å². The van der Waals surface area contributed by atoms with Crippen molar-refractivity contribution in [3.05, 3.63) is 0 Å². The average Bonchev–Trinajstić information content (AvgIpc) is 2.17. The second-order valence-electron chi connectivity index (χ2n) is 2.48. The van der Waals surface area contributed by atoms with E-state index in [1.54, 1.807) is 6.92 Å². The molecule has 1 fully saturated rings. The molecule has 1 rings (SSSR count). The summed E-state index contributed by atoms with van der Waals surface area (Å²) in [6.45, 7) is 3.64. The van der Waals surface area contributed by atoms with Gasteiger partial charge in [-0.2, -0.15) is 0 Å². The largest absolute Gasteiger partial charge is 0.390 e. The summed E-state index contributed by atoms with van der Waals surface area (Å²) in [5, 5.41) is 11.9. The van der Waals surface area contributed by atoms with Crippen LogP contribution in [0.4, 0.5) is 0 Å². The van der Waals surface area contributed by atoms with E-state index >= 15 is 0 Å². The highest BCUT2D eigenvalue weighted by atomic mass is 16.3. The second-order valence-corrected chi connectivity index (χ2v) is 2.48. The molecule has 0 spiro atoms. The summed E-state index contributed by atoms with van der Waals surface area (Å²) in [4.78, 5) is 0. The van der Waals surface area contributed by atoms with Crippen molar-refractivity contribution in [1.82, 2.24) is 5.32 Å². The normalized spacial score (nSPS) is 48.8. The van der Waals surface area contributed by atoms with Gasteiger partial charge in [-0.25, -0.2) is 0 Å². The van der Waals surface area contributed by atoms with Crippen LogP contribution in [0.15, 0.2) is 0 Å². The Morgan fingerprint density at radius 3 is 2.25 bits per heavy atom. The lowest BCUT2D eigenvalue weighted by atomic mass is 10.1. The average molecular weight is 116 g/mol. The summed E-state index contributed by atoms with van der Waals surface area (Å²) in [6, 6.07) is 0.266. The third-order valence-corrected chi connectivity index (χ3v) is 1.79. The molecule has 0 amide bonds. The Kier molecular flexibility index (Phi) is 1.08. The monoisotopic (exact) mass is 116 g/mol. The summed E-state index contributed by atoms with van der Waals surface area (Å²) in [5.74, 6) is 0. The van der Waals surface area contributed by atoms with Crippen molar-refractivity contribution in [2.75, 3.05) is 0 Å². The van der Waals surface area contributed by atoms with Crippen LogP contribution in [0.5, 0.6) is 0 Å². The Balaban J connectivity index is 2.47. The van der Waals surface area contributed by atoms with Crippen LogP contribution in [0.1, 0.15) is 13.8 Å². The quantitative estimate of drug-likeness (QED) is 0.385. The Hall–Kier alpha value is -0.120. The van der Waals surface area contributed by atoms with Crippen LogP contribution in [0.25, 0.3) is 0 Å². The first-order valence-corrected chi connectivity index (χ1v) is 2.82. The molecule has 0 aromatic carbocycles. The third-order valence-electron chi connectivity index (χ3n) is 1.79. The summed E-state index contributed by atoms with van der Waals surface area (Å²) >= 11 is 0. The molecule has 48 valence electrons. The molecule has 0 aromatic heterocycles. The molecule has 0 aromatic rings. The predicted molar refractivity (Wildman–Crippen MR) is 31.2 cm³/mol. The standard InChI is InChI=1S/C5H12N2O/c1-3-5(6,7-3)4(2)8/h3-4,7-8H,6H2,1-2H3/t3-,4?,5+/m1/s1. The van der Waals surface area contributed by atoms with E-state index in [4.69, 9.17) is 10.8 Å². The molecular formula is C5H12N2O. The molecule has 0 radical (unpaired) electrons. The van der Waals surface area contributed by atoms with E-state index in [0.29, 0.717) is 0 Å². The summed E-state index contributed by atoms with van der Waals surface area (Å²) < 4.78 is 0. The van der Waals surface area contributed by atoms with E-state index < -0.39 is 11.8 Å². The van der Waals surface area contributed by atoms with Crippen molar-refractivity contribution in [2.45, 2.75) is 31.7 Å². The van der Waals surface area contributed by atoms with Gasteiger partial charge in [-0.1, -0.05) is 0 Å². The fourth-order valence-electron chi connectivity index (χ4n) is 0.816. The number of nitrogens with two attached hydrogens (primary N) is 1. The highest BCUT2D eigenvalue weighted by molar-refractivity contribution is 5.10. The van der Waals surface area contributed by atoms with E-state index in [1.807, 2.05) is 6.92 Å². The Bertz CT molecular complexity index is 105. The van der Waals surface area contributed by atoms with Crippen LogP contribution < -0.4 is 11.1 Å². The first-order valence-electron chi connectivity index (χ1n) is 2.82. The number of aliphatic hydroxyl groups excluding tert-OH is 1. The minimum absolute atomic E-state index is 0.266. The van der Waals surface area contributed by atoms with Gasteiger partial charge in [0, 0.05) is 6.04 Å². The Morgan fingerprint density at radius 2 is 2.25 bits per heavy atom. The van der Waals surface area contributed by atoms with Gasteiger partial charge in [0.05, 0.1) is 6.10 Å². The number of aliphatic hydroxyl groups is 1. The number of hydrogen-bond acceptors (Lipinski definition) is 3. The SMILES string of the molecule is CC(O)[C@@]1(N)N[C@@H]1C. The van der Waals surface area contributed by atoms with E-state index in [0.717, 1.165) is 0 Å². The highest BCUT2D eigenvalue weighted by Gasteiger charge is 2.50. The van der Waals surface area contributed by atoms with Crippen molar-refractivity contribution in [2.24, 2.45) is 5.73 Å². The lowest BCUT2D eigenvalue weighted by Gasteiger charge is -2.09. The van der Waals surface area contributed by atoms with Gasteiger partial charge < -0.3 is 10.8 Å². The van der Waals surface area contributed by atoms with Crippen molar-refractivity contribution in [3.63, 3.8) is 0 Å². The molecule has 1 aliphatic rings. The predicted octanol–water partition coefficient (Wildman–Crippen LogP) is -0.986. The Labute approximate surface area is 48.9 Å². The molecule has 8 heavy (non-hydrogen) atoms. The molecule has 3 heteroatoms. The number of hydrogen-bond donors (Lipinski definition) is 3. The summed E-state index contributed by atoms with van der Waals surface area (Å²) in [6.07, 6.45) is -0.447. The maximum atomic E-state index is 8.93. The fraction of sp³-hybridized carbons (Fsp3) is 1.00. The zero-order valence-corrected chi connectivity index (χ0v) is 5.18. The molecule has 0 bridgehead atoms. The Morgan fingerprint density at radius 1 is 1.88 bits per heavy atom. The van der Waals surface area contributed by atoms with Crippen molar-refractivity contribution >= 4 is 0 Å². The van der Waals surface area contributed by atoms with Crippen molar-refractivity contribution in [1.29, 1.82) is 0 Å². The van der Waals surface area contributed by atoms with Crippen molar-refractivity contribution < 1.29 is 5.11 Å². The minimum atomic E-state index is -0.486. The first kappa shape index (κ1) is 6.01. The first-order chi connectivity index (χ1) is 3.57. The van der Waals surface area contributed by atoms with Crippen molar-refractivity contribution in [3.8, 4) is 0 Å². The van der Waals surface area contributed by atoms with Crippen LogP contribution in [0.2, 0.25) is 0 Å². The van der Waals surface area contributed by atoms with E-state index in [1.165, 1.54) is 0 Å². The van der Waals surface area contributed by atoms with Gasteiger partial charge in [-0.15, -0.1) is 0 Å². The molecule has 1 saturated heterocycles. The maximum Gasteiger partial charge on any atom is 0.108 e. The fourth-order valence-corrected chi connectivity index (χ4v) is 0.816. The number of rotatable bonds is 1. The van der Waals surface area contributed by atoms with Gasteiger partial charge in [0.15, 0.2) is 0 Å². The molecule has 3 nitrogen and oxygen atoms in total. The zero-order valence-electron chi connectivity index (χ0n) is 5.18. The zero-order chi connectivity index (χ0) is 6.36. The van der Waals surface area contributed by atoms with Crippen LogP contribution in [-0.4, -0.2) is 22.9 Å². The molecule has 3 atom stereocenters. The van der Waals surface area contributed by atoms with Crippen LogP contribution >= 0.6 is 0 Å². The van der Waals surface area contributed by atoms with E-state index in [9.17, 15) is 0 Å². The highest BCUT2D eigenvalue weighted by Crippen LogP contribution is 2.22. The van der Waals surface area contributed by atoms with Gasteiger partial charge in [-0.05, 0) is 13.8 Å². The van der Waals surface area contributed by atoms with Gasteiger partial charge in [0.2, 0.25) is 0 Å². The summed E-state index contributed by atoms with van der Waals surface area (Å²) in [5.41, 5.74) is 5.09. The molecule has 1 aliphatic heterocycles. The molecule has 4 N–H and O–H groups in total. The van der Waals surface area contributed by atoms with Gasteiger partial charge in [0.1, 0.15) is 5.66 Å². The van der Waals surface area contributed by atoms with Gasteiger partial charge in [-0.3, -0.25) is 5.32 Å². The maximum absolute atomic E-state index is 8.93. The van der Waals surface area contributed by atoms with E-state index in [2.05, 4.69) is 5.32 Å². The molecule has 0 saturated carbocycles. The molecular weight excluding hydrogens is 104 g/mol. The lowest BCUT2D eigenvalue weighted by Crippen LogP contribution is -2.40. The minimum Gasteiger partial charge on any atom is -0.390 e. The van der Waals surface area contributed by atoms with E-state index in [-0.39, 0.29) is 6.04 Å². The van der Waals surface area contributed by atoms with Gasteiger partial charge in [0.25, 0.3) is 0 Å². The molecule has 0 aliphatic carbocycles. The third kappa shape index (κ3) is 0.632. The second kappa shape index (κ2) is 1.43. The smallest absolute Gasteiger partial charge is 0.108 e. The van der Waals surface area contributed by atoms with Crippen LogP contribution in [-0.2, 0) is 0 Å². The molecule has 1 unspecified atom stereocenters.